The Bertz CT molecular complexity index is 603. The molecule has 0 aliphatic rings. The Balaban J connectivity index is 2.67. The van der Waals surface area contributed by atoms with Gasteiger partial charge < -0.3 is 9.67 Å². The van der Waals surface area contributed by atoms with E-state index in [1.165, 1.54) is 11.1 Å². The summed E-state index contributed by atoms with van der Waals surface area (Å²) in [5.41, 5.74) is 5.45. The van der Waals surface area contributed by atoms with E-state index in [-0.39, 0.29) is 0 Å². The van der Waals surface area contributed by atoms with E-state index in [9.17, 15) is 4.79 Å². The van der Waals surface area contributed by atoms with Crippen LogP contribution in [0.1, 0.15) is 32.9 Å². The molecular weight excluding hydrogens is 226 g/mol. The average molecular weight is 243 g/mol. The number of carboxylic acids is 1. The minimum absolute atomic E-state index is 0.367. The van der Waals surface area contributed by atoms with Crippen molar-refractivity contribution in [3.63, 3.8) is 0 Å². The third-order valence-corrected chi connectivity index (χ3v) is 3.13. The molecule has 0 aliphatic carbocycles. The van der Waals surface area contributed by atoms with Gasteiger partial charge in [-0.2, -0.15) is 0 Å². The Morgan fingerprint density at radius 3 is 2.00 bits per heavy atom. The van der Waals surface area contributed by atoms with Crippen molar-refractivity contribution in [3.8, 4) is 5.69 Å². The minimum atomic E-state index is -0.876. The quantitative estimate of drug-likeness (QED) is 0.878. The van der Waals surface area contributed by atoms with Gasteiger partial charge in [0.2, 0.25) is 0 Å². The third kappa shape index (κ3) is 2.04. The van der Waals surface area contributed by atoms with Crippen molar-refractivity contribution in [2.75, 3.05) is 0 Å². The molecule has 2 aromatic rings. The monoisotopic (exact) mass is 243 g/mol. The summed E-state index contributed by atoms with van der Waals surface area (Å²) < 4.78 is 1.99. The first-order chi connectivity index (χ1) is 8.40. The normalized spacial score (nSPS) is 10.7. The number of carboxylic acid groups (broad SMARTS) is 1. The van der Waals surface area contributed by atoms with Gasteiger partial charge in [-0.25, -0.2) is 4.79 Å². The molecule has 0 atom stereocenters. The molecule has 0 saturated carbocycles. The number of rotatable bonds is 2. The highest BCUT2D eigenvalue weighted by molar-refractivity contribution is 5.89. The van der Waals surface area contributed by atoms with Gasteiger partial charge in [-0.3, -0.25) is 0 Å². The molecule has 1 aromatic carbocycles. The van der Waals surface area contributed by atoms with Crippen molar-refractivity contribution in [1.29, 1.82) is 0 Å². The maximum Gasteiger partial charge on any atom is 0.337 e. The lowest BCUT2D eigenvalue weighted by Gasteiger charge is -2.11. The van der Waals surface area contributed by atoms with Crippen molar-refractivity contribution in [1.82, 2.24) is 4.57 Å². The second kappa shape index (κ2) is 4.33. The molecule has 0 fully saturated rings. The number of benzene rings is 1. The van der Waals surface area contributed by atoms with Crippen LogP contribution in [0.15, 0.2) is 24.3 Å². The van der Waals surface area contributed by atoms with Crippen LogP contribution in [-0.4, -0.2) is 15.6 Å². The molecule has 3 heteroatoms. The Kier molecular flexibility index (Phi) is 2.99. The topological polar surface area (TPSA) is 42.2 Å². The van der Waals surface area contributed by atoms with Crippen molar-refractivity contribution < 1.29 is 9.90 Å². The smallest absolute Gasteiger partial charge is 0.337 e. The van der Waals surface area contributed by atoms with Crippen LogP contribution < -0.4 is 0 Å². The van der Waals surface area contributed by atoms with Crippen molar-refractivity contribution >= 4 is 5.97 Å². The van der Waals surface area contributed by atoms with E-state index in [1.54, 1.807) is 6.07 Å². The van der Waals surface area contributed by atoms with E-state index >= 15 is 0 Å². The number of carbonyl (C=O) groups is 1. The van der Waals surface area contributed by atoms with Crippen LogP contribution in [-0.2, 0) is 0 Å². The van der Waals surface area contributed by atoms with Crippen molar-refractivity contribution in [2.45, 2.75) is 27.7 Å². The lowest BCUT2D eigenvalue weighted by molar-refractivity contribution is 0.0696. The molecule has 1 aromatic heterocycles. The zero-order valence-electron chi connectivity index (χ0n) is 11.1. The lowest BCUT2D eigenvalue weighted by atomic mass is 10.1. The molecule has 0 spiro atoms. The van der Waals surface area contributed by atoms with E-state index in [4.69, 9.17) is 5.11 Å². The fourth-order valence-corrected chi connectivity index (χ4v) is 2.46. The van der Waals surface area contributed by atoms with Crippen LogP contribution >= 0.6 is 0 Å². The van der Waals surface area contributed by atoms with E-state index in [0.717, 1.165) is 17.1 Å². The highest BCUT2D eigenvalue weighted by Gasteiger charge is 2.15. The number of aromatic carboxylic acids is 1. The molecule has 1 N–H and O–H groups in total. The van der Waals surface area contributed by atoms with Crippen molar-refractivity contribution in [3.05, 3.63) is 52.3 Å². The number of hydrogen-bond acceptors (Lipinski definition) is 1. The number of aryl methyl sites for hydroxylation is 3. The maximum absolute atomic E-state index is 11.1. The number of aromatic nitrogens is 1. The minimum Gasteiger partial charge on any atom is -0.478 e. The van der Waals surface area contributed by atoms with Crippen LogP contribution in [0.5, 0.6) is 0 Å². The van der Waals surface area contributed by atoms with Crippen LogP contribution in [0.25, 0.3) is 5.69 Å². The summed E-state index contributed by atoms with van der Waals surface area (Å²) in [6, 6.07) is 7.96. The van der Waals surface area contributed by atoms with Gasteiger partial charge in [0.05, 0.1) is 5.56 Å². The highest BCUT2D eigenvalue weighted by Crippen LogP contribution is 2.22. The van der Waals surface area contributed by atoms with E-state index in [2.05, 4.69) is 18.2 Å². The molecule has 0 unspecified atom stereocenters. The van der Waals surface area contributed by atoms with Crippen LogP contribution in [0, 0.1) is 27.7 Å². The Labute approximate surface area is 107 Å². The molecule has 3 nitrogen and oxygen atoms in total. The Morgan fingerprint density at radius 1 is 1.00 bits per heavy atom. The SMILES string of the molecule is Cc1cc(C)cc(-n2c(C)cc(C(=O)O)c2C)c1. The molecule has 0 saturated heterocycles. The largest absolute Gasteiger partial charge is 0.478 e. The zero-order chi connectivity index (χ0) is 13.4. The van der Waals surface area contributed by atoms with Gasteiger partial charge >= 0.3 is 5.97 Å². The standard InChI is InChI=1S/C15H17NO2/c1-9-5-10(2)7-13(6-9)16-11(3)8-14(12(16)4)15(17)18/h5-8H,1-4H3,(H,17,18). The second-order valence-electron chi connectivity index (χ2n) is 4.77. The summed E-state index contributed by atoms with van der Waals surface area (Å²) in [5, 5.41) is 9.15. The van der Waals surface area contributed by atoms with Crippen LogP contribution in [0.4, 0.5) is 0 Å². The van der Waals surface area contributed by atoms with Gasteiger partial charge in [-0.1, -0.05) is 6.07 Å². The molecule has 0 aliphatic heterocycles. The predicted molar refractivity (Wildman–Crippen MR) is 71.7 cm³/mol. The first-order valence-electron chi connectivity index (χ1n) is 5.91. The van der Waals surface area contributed by atoms with Gasteiger partial charge in [0.15, 0.2) is 0 Å². The molecule has 18 heavy (non-hydrogen) atoms. The van der Waals surface area contributed by atoms with Crippen LogP contribution in [0.3, 0.4) is 0 Å². The van der Waals surface area contributed by atoms with E-state index < -0.39 is 5.97 Å². The molecule has 0 bridgehead atoms. The Hall–Kier alpha value is -2.03. The van der Waals surface area contributed by atoms with Gasteiger partial charge in [0, 0.05) is 17.1 Å². The average Bonchev–Trinajstić information content (AvgIpc) is 2.52. The zero-order valence-corrected chi connectivity index (χ0v) is 11.1. The van der Waals surface area contributed by atoms with Crippen molar-refractivity contribution in [2.24, 2.45) is 0 Å². The lowest BCUT2D eigenvalue weighted by Crippen LogP contribution is -2.03. The number of nitrogens with zero attached hydrogens (tertiary/aromatic N) is 1. The second-order valence-corrected chi connectivity index (χ2v) is 4.77. The van der Waals surface area contributed by atoms with Gasteiger partial charge in [0.1, 0.15) is 0 Å². The van der Waals surface area contributed by atoms with Gasteiger partial charge in [-0.05, 0) is 57.0 Å². The summed E-state index contributed by atoms with van der Waals surface area (Å²) in [5.74, 6) is -0.876. The predicted octanol–water partition coefficient (Wildman–Crippen LogP) is 3.41. The maximum atomic E-state index is 11.1. The molecule has 94 valence electrons. The fraction of sp³-hybridized carbons (Fsp3) is 0.267. The molecule has 2 rings (SSSR count). The summed E-state index contributed by atoms with van der Waals surface area (Å²) in [6.07, 6.45) is 0. The first-order valence-corrected chi connectivity index (χ1v) is 5.91. The summed E-state index contributed by atoms with van der Waals surface area (Å²) in [4.78, 5) is 11.1. The summed E-state index contributed by atoms with van der Waals surface area (Å²) >= 11 is 0. The molecular formula is C15H17NO2. The third-order valence-electron chi connectivity index (χ3n) is 3.13. The summed E-state index contributed by atoms with van der Waals surface area (Å²) in [7, 11) is 0. The van der Waals surface area contributed by atoms with E-state index in [0.29, 0.717) is 5.56 Å². The number of hydrogen-bond donors (Lipinski definition) is 1. The fourth-order valence-electron chi connectivity index (χ4n) is 2.46. The van der Waals surface area contributed by atoms with Crippen LogP contribution in [0.2, 0.25) is 0 Å². The first kappa shape index (κ1) is 12.4. The molecule has 0 amide bonds. The molecule has 0 radical (unpaired) electrons. The summed E-state index contributed by atoms with van der Waals surface area (Å²) in [6.45, 7) is 7.86. The molecule has 1 heterocycles. The van der Waals surface area contributed by atoms with Gasteiger partial charge in [0.25, 0.3) is 0 Å². The van der Waals surface area contributed by atoms with Gasteiger partial charge in [-0.15, -0.1) is 0 Å². The van der Waals surface area contributed by atoms with E-state index in [1.807, 2.05) is 32.3 Å². The Morgan fingerprint density at radius 2 is 1.56 bits per heavy atom. The highest BCUT2D eigenvalue weighted by atomic mass is 16.4.